The van der Waals surface area contributed by atoms with Crippen molar-refractivity contribution in [1.82, 2.24) is 0 Å². The second-order valence-electron chi connectivity index (χ2n) is 1.99. The molecular formula is C8H4ClO. The summed E-state index contributed by atoms with van der Waals surface area (Å²) in [6.07, 6.45) is 1.51. The summed E-state index contributed by atoms with van der Waals surface area (Å²) >= 11 is 5.81. The van der Waals surface area contributed by atoms with Crippen molar-refractivity contribution in [1.29, 1.82) is 0 Å². The number of benzene rings is 1. The summed E-state index contributed by atoms with van der Waals surface area (Å²) in [6, 6.07) is 8.41. The molecule has 0 saturated carbocycles. The topological polar surface area (TPSA) is 13.1 Å². The summed E-state index contributed by atoms with van der Waals surface area (Å²) in [5.74, 6) is 0. The van der Waals surface area contributed by atoms with Crippen molar-refractivity contribution in [3.8, 4) is 0 Å². The normalized spacial score (nSPS) is 10.5. The minimum atomic E-state index is 0.686. The Labute approximate surface area is 63.2 Å². The van der Waals surface area contributed by atoms with Crippen LogP contribution in [0.15, 0.2) is 28.9 Å². The van der Waals surface area contributed by atoms with E-state index < -0.39 is 0 Å². The van der Waals surface area contributed by atoms with E-state index in [0.29, 0.717) is 5.02 Å². The Morgan fingerprint density at radius 3 is 3.10 bits per heavy atom. The third-order valence-electron chi connectivity index (χ3n) is 1.36. The van der Waals surface area contributed by atoms with E-state index in [2.05, 4.69) is 6.07 Å². The van der Waals surface area contributed by atoms with Crippen LogP contribution in [0.2, 0.25) is 5.02 Å². The Balaban J connectivity index is 2.95. The molecule has 49 valence electrons. The van der Waals surface area contributed by atoms with Crippen LogP contribution in [-0.4, -0.2) is 0 Å². The van der Waals surface area contributed by atoms with E-state index in [1.54, 1.807) is 0 Å². The molecule has 10 heavy (non-hydrogen) atoms. The molecule has 0 fully saturated rings. The van der Waals surface area contributed by atoms with Crippen molar-refractivity contribution in [3.63, 3.8) is 0 Å². The quantitative estimate of drug-likeness (QED) is 0.564. The summed E-state index contributed by atoms with van der Waals surface area (Å²) in [4.78, 5) is 0. The van der Waals surface area contributed by atoms with Gasteiger partial charge in [0.1, 0.15) is 5.58 Å². The summed E-state index contributed by atoms with van der Waals surface area (Å²) < 4.78 is 5.06. The number of rotatable bonds is 0. The maximum Gasteiger partial charge on any atom is 0.136 e. The van der Waals surface area contributed by atoms with Crippen molar-refractivity contribution in [2.45, 2.75) is 0 Å². The van der Waals surface area contributed by atoms with Gasteiger partial charge < -0.3 is 4.42 Å². The lowest BCUT2D eigenvalue weighted by Gasteiger charge is -1.88. The molecule has 1 heterocycles. The first-order valence-corrected chi connectivity index (χ1v) is 3.29. The Bertz CT molecular complexity index is 351. The first-order chi connectivity index (χ1) is 4.88. The fourth-order valence-corrected chi connectivity index (χ4v) is 1.11. The first kappa shape index (κ1) is 5.81. The highest BCUT2D eigenvalue weighted by molar-refractivity contribution is 6.35. The number of hydrogen-bond donors (Lipinski definition) is 0. The van der Waals surface area contributed by atoms with Crippen molar-refractivity contribution in [2.75, 3.05) is 0 Å². The molecular weight excluding hydrogens is 148 g/mol. The maximum atomic E-state index is 5.81. The highest BCUT2D eigenvalue weighted by Crippen LogP contribution is 2.22. The van der Waals surface area contributed by atoms with Gasteiger partial charge in [-0.15, -0.1) is 0 Å². The van der Waals surface area contributed by atoms with Crippen molar-refractivity contribution >= 4 is 22.6 Å². The van der Waals surface area contributed by atoms with Crippen LogP contribution in [0.1, 0.15) is 0 Å². The third kappa shape index (κ3) is 0.711. The van der Waals surface area contributed by atoms with Gasteiger partial charge in [0.05, 0.1) is 11.3 Å². The molecule has 0 bridgehead atoms. The van der Waals surface area contributed by atoms with Gasteiger partial charge >= 0.3 is 0 Å². The lowest BCUT2D eigenvalue weighted by molar-refractivity contribution is 0.615. The lowest BCUT2D eigenvalue weighted by atomic mass is 10.3. The number of halogens is 1. The van der Waals surface area contributed by atoms with Gasteiger partial charge in [0.25, 0.3) is 0 Å². The zero-order valence-corrected chi connectivity index (χ0v) is 5.85. The Kier molecular flexibility index (Phi) is 1.18. The summed E-state index contributed by atoms with van der Waals surface area (Å²) in [6.45, 7) is 0. The Morgan fingerprint density at radius 2 is 2.30 bits per heavy atom. The molecule has 0 aliphatic rings. The van der Waals surface area contributed by atoms with Crippen molar-refractivity contribution in [2.24, 2.45) is 0 Å². The number of hydrogen-bond acceptors (Lipinski definition) is 1. The van der Waals surface area contributed by atoms with Crippen LogP contribution < -0.4 is 0 Å². The van der Waals surface area contributed by atoms with Gasteiger partial charge in [-0.2, -0.15) is 0 Å². The van der Waals surface area contributed by atoms with Gasteiger partial charge in [-0.25, -0.2) is 0 Å². The monoisotopic (exact) mass is 151 g/mol. The smallest absolute Gasteiger partial charge is 0.136 e. The summed E-state index contributed by atoms with van der Waals surface area (Å²) in [5.41, 5.74) is 0.785. The van der Waals surface area contributed by atoms with Gasteiger partial charge in [0.15, 0.2) is 0 Å². The van der Waals surface area contributed by atoms with Gasteiger partial charge in [-0.05, 0) is 12.1 Å². The van der Waals surface area contributed by atoms with E-state index in [1.165, 1.54) is 6.26 Å². The Morgan fingerprint density at radius 1 is 1.40 bits per heavy atom. The van der Waals surface area contributed by atoms with E-state index >= 15 is 0 Å². The van der Waals surface area contributed by atoms with E-state index in [0.717, 1.165) is 11.0 Å². The van der Waals surface area contributed by atoms with Crippen LogP contribution in [0.5, 0.6) is 0 Å². The van der Waals surface area contributed by atoms with Crippen LogP contribution in [0.3, 0.4) is 0 Å². The number of furan rings is 1. The number of fused-ring (bicyclic) bond motifs is 1. The van der Waals surface area contributed by atoms with Crippen LogP contribution >= 0.6 is 11.6 Å². The van der Waals surface area contributed by atoms with Crippen LogP contribution in [0, 0.1) is 6.07 Å². The minimum absolute atomic E-state index is 0.686. The van der Waals surface area contributed by atoms with Gasteiger partial charge in [-0.3, -0.25) is 0 Å². The third-order valence-corrected chi connectivity index (χ3v) is 1.68. The molecule has 0 atom stereocenters. The predicted molar refractivity (Wildman–Crippen MR) is 40.1 cm³/mol. The largest absolute Gasteiger partial charge is 0.464 e. The second-order valence-corrected chi connectivity index (χ2v) is 2.40. The van der Waals surface area contributed by atoms with Crippen LogP contribution in [0.25, 0.3) is 11.0 Å². The Hall–Kier alpha value is -0.950. The molecule has 0 amide bonds. The fraction of sp³-hybridized carbons (Fsp3) is 0. The molecule has 0 unspecified atom stereocenters. The predicted octanol–water partition coefficient (Wildman–Crippen LogP) is 2.89. The highest BCUT2D eigenvalue weighted by atomic mass is 35.5. The highest BCUT2D eigenvalue weighted by Gasteiger charge is 1.98. The van der Waals surface area contributed by atoms with Crippen LogP contribution in [0.4, 0.5) is 0 Å². The zero-order valence-electron chi connectivity index (χ0n) is 5.10. The minimum Gasteiger partial charge on any atom is -0.464 e. The molecule has 0 aliphatic carbocycles. The SMILES string of the molecule is Clc1cccc2oc[c]c12. The van der Waals surface area contributed by atoms with E-state index in [1.807, 2.05) is 18.2 Å². The molecule has 0 N–H and O–H groups in total. The summed E-state index contributed by atoms with van der Waals surface area (Å²) in [7, 11) is 0. The average Bonchev–Trinajstić information content (AvgIpc) is 2.36. The summed E-state index contributed by atoms with van der Waals surface area (Å²) in [5, 5.41) is 1.54. The van der Waals surface area contributed by atoms with Crippen molar-refractivity contribution in [3.05, 3.63) is 35.6 Å². The molecule has 1 radical (unpaired) electrons. The maximum absolute atomic E-state index is 5.81. The molecule has 0 saturated heterocycles. The van der Waals surface area contributed by atoms with Crippen LogP contribution in [-0.2, 0) is 0 Å². The lowest BCUT2D eigenvalue weighted by Crippen LogP contribution is -1.63. The van der Waals surface area contributed by atoms with E-state index in [9.17, 15) is 0 Å². The molecule has 0 aliphatic heterocycles. The molecule has 2 rings (SSSR count). The average molecular weight is 152 g/mol. The van der Waals surface area contributed by atoms with Gasteiger partial charge in [0, 0.05) is 11.5 Å². The zero-order chi connectivity index (χ0) is 6.97. The van der Waals surface area contributed by atoms with E-state index in [4.69, 9.17) is 16.0 Å². The van der Waals surface area contributed by atoms with E-state index in [-0.39, 0.29) is 0 Å². The molecule has 1 aromatic carbocycles. The molecule has 1 aromatic heterocycles. The molecule has 2 aromatic rings. The van der Waals surface area contributed by atoms with Gasteiger partial charge in [-0.1, -0.05) is 17.7 Å². The molecule has 0 spiro atoms. The first-order valence-electron chi connectivity index (χ1n) is 2.91. The molecule has 1 nitrogen and oxygen atoms in total. The molecule has 2 heteroatoms. The second kappa shape index (κ2) is 2.03. The standard InChI is InChI=1S/C8H4ClO/c9-7-2-1-3-8-6(7)4-5-10-8/h1-3,5H. The fourth-order valence-electron chi connectivity index (χ4n) is 0.895. The van der Waals surface area contributed by atoms with Crippen molar-refractivity contribution < 1.29 is 4.42 Å². The van der Waals surface area contributed by atoms with Gasteiger partial charge in [0.2, 0.25) is 0 Å².